The lowest BCUT2D eigenvalue weighted by atomic mass is 10.2. The Morgan fingerprint density at radius 3 is 2.48 bits per heavy atom. The van der Waals surface area contributed by atoms with Crippen LogP contribution in [0.5, 0.6) is 17.2 Å². The molecule has 0 spiro atoms. The van der Waals surface area contributed by atoms with Crippen LogP contribution in [0.1, 0.15) is 28.4 Å². The van der Waals surface area contributed by atoms with E-state index in [9.17, 15) is 4.79 Å². The topological polar surface area (TPSA) is 69.2 Å². The minimum atomic E-state index is -0.302. The third-order valence-electron chi connectivity index (χ3n) is 4.28. The number of hydrazone groups is 1. The lowest BCUT2D eigenvalue weighted by Gasteiger charge is -2.13. The molecule has 0 fully saturated rings. The van der Waals surface area contributed by atoms with Gasteiger partial charge in [-0.05, 0) is 77.0 Å². The molecule has 0 bridgehead atoms. The maximum atomic E-state index is 12.3. The van der Waals surface area contributed by atoms with Crippen LogP contribution < -0.4 is 19.6 Å². The zero-order chi connectivity index (χ0) is 22.1. The van der Waals surface area contributed by atoms with E-state index in [2.05, 4.69) is 33.1 Å². The molecule has 0 aliphatic rings. The Morgan fingerprint density at radius 1 is 1.06 bits per heavy atom. The second-order valence-corrected chi connectivity index (χ2v) is 7.63. The van der Waals surface area contributed by atoms with E-state index >= 15 is 0 Å². The molecule has 0 saturated carbocycles. The van der Waals surface area contributed by atoms with Gasteiger partial charge in [-0.2, -0.15) is 5.10 Å². The van der Waals surface area contributed by atoms with Gasteiger partial charge < -0.3 is 14.2 Å². The number of carbonyl (C=O) groups is 1. The van der Waals surface area contributed by atoms with Crippen LogP contribution in [0, 0.1) is 3.57 Å². The molecule has 1 N–H and O–H groups in total. The minimum absolute atomic E-state index is 0.302. The molecule has 0 unspecified atom stereocenters. The standard InChI is InChI=1S/C24H23IN2O4/c1-3-30-20-11-9-19(10-12-20)24(28)27-26-15-18-13-21(25)23(22(14-18)29-2)31-16-17-7-5-4-6-8-17/h4-15H,3,16H2,1-2H3,(H,27,28)/b26-15+. The van der Waals surface area contributed by atoms with E-state index in [1.807, 2.05) is 49.4 Å². The highest BCUT2D eigenvalue weighted by Crippen LogP contribution is 2.34. The fourth-order valence-electron chi connectivity index (χ4n) is 2.78. The van der Waals surface area contributed by atoms with Gasteiger partial charge in [0, 0.05) is 5.56 Å². The number of methoxy groups -OCH3 is 1. The number of amides is 1. The molecule has 3 aromatic rings. The molecule has 7 heteroatoms. The van der Waals surface area contributed by atoms with Crippen LogP contribution in [-0.2, 0) is 6.61 Å². The molecule has 160 valence electrons. The third kappa shape index (κ3) is 6.45. The average molecular weight is 530 g/mol. The van der Waals surface area contributed by atoms with Crippen LogP contribution in [0.3, 0.4) is 0 Å². The van der Waals surface area contributed by atoms with E-state index < -0.39 is 0 Å². The van der Waals surface area contributed by atoms with Gasteiger partial charge in [0.2, 0.25) is 0 Å². The molecule has 1 amide bonds. The van der Waals surface area contributed by atoms with Gasteiger partial charge in [0.15, 0.2) is 11.5 Å². The number of benzene rings is 3. The summed E-state index contributed by atoms with van der Waals surface area (Å²) in [4.78, 5) is 12.3. The lowest BCUT2D eigenvalue weighted by Crippen LogP contribution is -2.17. The number of hydrogen-bond donors (Lipinski definition) is 1. The van der Waals surface area contributed by atoms with Gasteiger partial charge >= 0.3 is 0 Å². The maximum Gasteiger partial charge on any atom is 0.271 e. The first kappa shape index (κ1) is 22.6. The second-order valence-electron chi connectivity index (χ2n) is 6.46. The van der Waals surface area contributed by atoms with Crippen molar-refractivity contribution in [1.29, 1.82) is 0 Å². The van der Waals surface area contributed by atoms with E-state index in [0.717, 1.165) is 20.4 Å². The predicted molar refractivity (Wildman–Crippen MR) is 129 cm³/mol. The molecule has 3 rings (SSSR count). The minimum Gasteiger partial charge on any atom is -0.494 e. The highest BCUT2D eigenvalue weighted by Gasteiger charge is 2.12. The van der Waals surface area contributed by atoms with Gasteiger partial charge in [-0.25, -0.2) is 5.43 Å². The molecule has 0 aromatic heterocycles. The number of rotatable bonds is 9. The maximum absolute atomic E-state index is 12.3. The molecular formula is C24H23IN2O4. The Bertz CT molecular complexity index is 1040. The zero-order valence-electron chi connectivity index (χ0n) is 17.3. The van der Waals surface area contributed by atoms with Crippen LogP contribution in [0.25, 0.3) is 0 Å². The predicted octanol–water partition coefficient (Wildman–Crippen LogP) is 5.04. The monoisotopic (exact) mass is 530 g/mol. The fourth-order valence-corrected chi connectivity index (χ4v) is 3.56. The van der Waals surface area contributed by atoms with Crippen molar-refractivity contribution in [3.05, 3.63) is 87.0 Å². The van der Waals surface area contributed by atoms with Crippen molar-refractivity contribution in [3.63, 3.8) is 0 Å². The number of hydrogen-bond acceptors (Lipinski definition) is 5. The molecule has 0 aliphatic carbocycles. The Balaban J connectivity index is 1.65. The van der Waals surface area contributed by atoms with Crippen LogP contribution >= 0.6 is 22.6 Å². The summed E-state index contributed by atoms with van der Waals surface area (Å²) in [5, 5.41) is 4.06. The third-order valence-corrected chi connectivity index (χ3v) is 5.09. The van der Waals surface area contributed by atoms with Crippen LogP contribution in [0.15, 0.2) is 71.8 Å². The largest absolute Gasteiger partial charge is 0.494 e. The summed E-state index contributed by atoms with van der Waals surface area (Å²) in [7, 11) is 1.59. The van der Waals surface area contributed by atoms with Crippen molar-refractivity contribution in [2.45, 2.75) is 13.5 Å². The highest BCUT2D eigenvalue weighted by atomic mass is 127. The Kier molecular flexibility index (Phi) is 8.28. The van der Waals surface area contributed by atoms with Gasteiger partial charge in [-0.15, -0.1) is 0 Å². The first-order valence-corrected chi connectivity index (χ1v) is 10.8. The summed E-state index contributed by atoms with van der Waals surface area (Å²) >= 11 is 2.20. The second kappa shape index (κ2) is 11.4. The van der Waals surface area contributed by atoms with Crippen LogP contribution in [0.2, 0.25) is 0 Å². The summed E-state index contributed by atoms with van der Waals surface area (Å²) in [6.07, 6.45) is 1.57. The Morgan fingerprint density at radius 2 is 1.81 bits per heavy atom. The van der Waals surface area contributed by atoms with Crippen molar-refractivity contribution in [2.75, 3.05) is 13.7 Å². The van der Waals surface area contributed by atoms with Crippen molar-refractivity contribution in [1.82, 2.24) is 5.43 Å². The van der Waals surface area contributed by atoms with Crippen molar-refractivity contribution in [3.8, 4) is 17.2 Å². The quantitative estimate of drug-likeness (QED) is 0.239. The van der Waals surface area contributed by atoms with E-state index in [1.54, 1.807) is 37.6 Å². The van der Waals surface area contributed by atoms with Crippen molar-refractivity contribution >= 4 is 34.7 Å². The molecule has 0 aliphatic heterocycles. The summed E-state index contributed by atoms with van der Waals surface area (Å²) in [6, 6.07) is 20.6. The SMILES string of the molecule is CCOc1ccc(C(=O)N/N=C/c2cc(I)c(OCc3ccccc3)c(OC)c2)cc1. The van der Waals surface area contributed by atoms with Gasteiger partial charge in [-0.3, -0.25) is 4.79 Å². The average Bonchev–Trinajstić information content (AvgIpc) is 2.79. The van der Waals surface area contributed by atoms with Crippen molar-refractivity contribution in [2.24, 2.45) is 5.10 Å². The number of carbonyl (C=O) groups excluding carboxylic acids is 1. The summed E-state index contributed by atoms with van der Waals surface area (Å²) in [5.74, 6) is 1.69. The first-order valence-electron chi connectivity index (χ1n) is 9.71. The summed E-state index contributed by atoms with van der Waals surface area (Å²) in [5.41, 5.74) is 4.88. The molecule has 0 radical (unpaired) electrons. The van der Waals surface area contributed by atoms with E-state index in [1.165, 1.54) is 0 Å². The molecule has 31 heavy (non-hydrogen) atoms. The molecule has 6 nitrogen and oxygen atoms in total. The Hall–Kier alpha value is -3.07. The molecule has 0 atom stereocenters. The fraction of sp³-hybridized carbons (Fsp3) is 0.167. The van der Waals surface area contributed by atoms with E-state index in [0.29, 0.717) is 30.3 Å². The molecular weight excluding hydrogens is 507 g/mol. The van der Waals surface area contributed by atoms with Gasteiger partial charge in [0.1, 0.15) is 12.4 Å². The normalized spacial score (nSPS) is 10.7. The molecule has 0 saturated heterocycles. The van der Waals surface area contributed by atoms with Crippen LogP contribution in [0.4, 0.5) is 0 Å². The smallest absolute Gasteiger partial charge is 0.271 e. The number of halogens is 1. The molecule has 0 heterocycles. The summed E-state index contributed by atoms with van der Waals surface area (Å²) in [6.45, 7) is 2.93. The lowest BCUT2D eigenvalue weighted by molar-refractivity contribution is 0.0955. The highest BCUT2D eigenvalue weighted by molar-refractivity contribution is 14.1. The van der Waals surface area contributed by atoms with Gasteiger partial charge in [0.05, 0.1) is 23.5 Å². The number of nitrogens with zero attached hydrogens (tertiary/aromatic N) is 1. The summed E-state index contributed by atoms with van der Waals surface area (Å²) < 4.78 is 17.7. The van der Waals surface area contributed by atoms with Gasteiger partial charge in [-0.1, -0.05) is 30.3 Å². The first-order chi connectivity index (χ1) is 15.1. The zero-order valence-corrected chi connectivity index (χ0v) is 19.5. The van der Waals surface area contributed by atoms with Gasteiger partial charge in [0.25, 0.3) is 5.91 Å². The molecule has 3 aromatic carbocycles. The van der Waals surface area contributed by atoms with Crippen molar-refractivity contribution < 1.29 is 19.0 Å². The number of nitrogens with one attached hydrogen (secondary N) is 1. The van der Waals surface area contributed by atoms with E-state index in [-0.39, 0.29) is 5.91 Å². The van der Waals surface area contributed by atoms with Crippen LogP contribution in [-0.4, -0.2) is 25.8 Å². The number of ether oxygens (including phenoxy) is 3. The van der Waals surface area contributed by atoms with E-state index in [4.69, 9.17) is 14.2 Å². The Labute approximate surface area is 195 Å².